The summed E-state index contributed by atoms with van der Waals surface area (Å²) in [6, 6.07) is -1.07. The van der Waals surface area contributed by atoms with E-state index in [0.717, 1.165) is 57.8 Å². The normalized spacial score (nSPS) is 11.9. The molecule has 9 heteroatoms. The number of nitrogens with one attached hydrogen (secondary N) is 1. The fourth-order valence-electron chi connectivity index (χ4n) is 8.21. The van der Waals surface area contributed by atoms with Crippen molar-refractivity contribution in [2.45, 2.75) is 302 Å². The highest BCUT2D eigenvalue weighted by atomic mass is 32.2. The van der Waals surface area contributed by atoms with Crippen LogP contribution in [0, 0.1) is 0 Å². The minimum absolute atomic E-state index is 0.0349. The molecule has 63 heavy (non-hydrogen) atoms. The third-order valence-corrected chi connectivity index (χ3v) is 13.7. The molecule has 0 aliphatic carbocycles. The van der Waals surface area contributed by atoms with Gasteiger partial charge in [0.1, 0.15) is 19.3 Å². The Kier molecular flexibility index (Phi) is 48.3. The van der Waals surface area contributed by atoms with Crippen LogP contribution >= 0.6 is 11.8 Å². The summed E-state index contributed by atoms with van der Waals surface area (Å²) in [4.78, 5) is 50.3. The molecule has 0 rings (SSSR count). The van der Waals surface area contributed by atoms with Gasteiger partial charge in [0.25, 0.3) is 0 Å². The first-order valence-electron chi connectivity index (χ1n) is 27.3. The zero-order valence-electron chi connectivity index (χ0n) is 41.8. The lowest BCUT2D eigenvalue weighted by Gasteiger charge is -2.20. The van der Waals surface area contributed by atoms with Gasteiger partial charge in [-0.2, -0.15) is 0 Å². The van der Waals surface area contributed by atoms with Crippen LogP contribution < -0.4 is 5.32 Å². The highest BCUT2D eigenvalue weighted by Crippen LogP contribution is 2.19. The van der Waals surface area contributed by atoms with Gasteiger partial charge in [0.2, 0.25) is 5.91 Å². The summed E-state index contributed by atoms with van der Waals surface area (Å²) < 4.78 is 11.3. The second-order valence-corrected chi connectivity index (χ2v) is 20.1. The molecule has 8 nitrogen and oxygen atoms in total. The number of carboxylic acids is 1. The van der Waals surface area contributed by atoms with Gasteiger partial charge in [-0.05, 0) is 19.3 Å². The number of carboxylic acid groups (broad SMARTS) is 1. The molecular weight excluding hydrogens is 807 g/mol. The lowest BCUT2D eigenvalue weighted by atomic mass is 10.0. The number of ether oxygens (including phenoxy) is 2. The molecule has 372 valence electrons. The molecule has 0 saturated carbocycles. The molecule has 0 aliphatic rings. The number of amides is 1. The molecule has 0 spiro atoms. The first-order valence-corrected chi connectivity index (χ1v) is 28.3. The van der Waals surface area contributed by atoms with Gasteiger partial charge in [0, 0.05) is 25.0 Å². The number of hydrogen-bond donors (Lipinski definition) is 2. The van der Waals surface area contributed by atoms with Crippen molar-refractivity contribution >= 4 is 35.6 Å². The molecule has 0 radical (unpaired) electrons. The number of thioether (sulfide) groups is 1. The van der Waals surface area contributed by atoms with E-state index in [9.17, 15) is 24.3 Å². The molecule has 0 aromatic heterocycles. The average molecular weight is 910 g/mol. The second kappa shape index (κ2) is 49.7. The number of hydrogen-bond acceptors (Lipinski definition) is 7. The molecule has 0 unspecified atom stereocenters. The van der Waals surface area contributed by atoms with Gasteiger partial charge >= 0.3 is 17.9 Å². The van der Waals surface area contributed by atoms with Crippen molar-refractivity contribution in [1.29, 1.82) is 0 Å². The van der Waals surface area contributed by atoms with Gasteiger partial charge in [-0.25, -0.2) is 4.79 Å². The Morgan fingerprint density at radius 1 is 0.397 bits per heavy atom. The highest BCUT2D eigenvalue weighted by Gasteiger charge is 2.24. The van der Waals surface area contributed by atoms with Crippen LogP contribution in [0.1, 0.15) is 290 Å². The standard InChI is InChI=1S/C54H103NO7S/c1-4-7-10-13-16-19-22-25-28-31-34-37-40-43-51(56)55-50(54(59)60)48-63-49(46-61-52(57)44-41-38-35-32-29-26-23-20-17-14-11-8-5-2)47-62-53(58)45-42-39-36-33-30-27-24-21-18-15-12-9-6-3/h49-50H,4-48H2,1-3H3,(H,55,56)(H,59,60)/t50-/m0/s1. The van der Waals surface area contributed by atoms with Crippen molar-refractivity contribution in [3.8, 4) is 0 Å². The third-order valence-electron chi connectivity index (χ3n) is 12.5. The fraction of sp³-hybridized carbons (Fsp3) is 0.926. The summed E-state index contributed by atoms with van der Waals surface area (Å²) in [5.41, 5.74) is 0. The van der Waals surface area contributed by atoms with Gasteiger partial charge in [-0.15, -0.1) is 11.8 Å². The van der Waals surface area contributed by atoms with Crippen LogP contribution in [0.2, 0.25) is 0 Å². The average Bonchev–Trinajstić information content (AvgIpc) is 3.27. The molecule has 0 aliphatic heterocycles. The second-order valence-electron chi connectivity index (χ2n) is 18.8. The Morgan fingerprint density at radius 2 is 0.651 bits per heavy atom. The summed E-state index contributed by atoms with van der Waals surface area (Å²) in [5, 5.41) is 12.2. The molecule has 1 amide bonds. The number of aliphatic carboxylic acids is 1. The number of esters is 2. The summed E-state index contributed by atoms with van der Waals surface area (Å²) in [7, 11) is 0. The Bertz CT molecular complexity index is 980. The quantitative estimate of drug-likeness (QED) is 0.0457. The molecule has 0 aromatic rings. The predicted octanol–water partition coefficient (Wildman–Crippen LogP) is 16.2. The van der Waals surface area contributed by atoms with E-state index in [1.165, 1.54) is 204 Å². The van der Waals surface area contributed by atoms with Crippen LogP contribution in [0.3, 0.4) is 0 Å². The van der Waals surface area contributed by atoms with Crippen LogP contribution in [0.15, 0.2) is 0 Å². The number of rotatable bonds is 51. The van der Waals surface area contributed by atoms with Gasteiger partial charge < -0.3 is 19.9 Å². The predicted molar refractivity (Wildman–Crippen MR) is 269 cm³/mol. The van der Waals surface area contributed by atoms with Crippen LogP contribution in [-0.2, 0) is 28.7 Å². The lowest BCUT2D eigenvalue weighted by Crippen LogP contribution is -2.43. The maximum absolute atomic E-state index is 12.7. The van der Waals surface area contributed by atoms with E-state index < -0.39 is 17.3 Å². The highest BCUT2D eigenvalue weighted by molar-refractivity contribution is 8.00. The Hall–Kier alpha value is -1.77. The van der Waals surface area contributed by atoms with E-state index in [1.807, 2.05) is 0 Å². The fourth-order valence-corrected chi connectivity index (χ4v) is 9.23. The zero-order chi connectivity index (χ0) is 46.1. The monoisotopic (exact) mass is 910 g/mol. The van der Waals surface area contributed by atoms with Crippen molar-refractivity contribution in [2.75, 3.05) is 19.0 Å². The molecule has 2 N–H and O–H groups in total. The number of carbonyl (C=O) groups is 4. The first-order chi connectivity index (χ1) is 30.8. The maximum Gasteiger partial charge on any atom is 0.327 e. The molecule has 0 saturated heterocycles. The molecule has 1 atom stereocenters. The van der Waals surface area contributed by atoms with Crippen LogP contribution in [-0.4, -0.2) is 59.2 Å². The van der Waals surface area contributed by atoms with Crippen molar-refractivity contribution < 1.29 is 33.8 Å². The molecule has 0 aromatic carbocycles. The topological polar surface area (TPSA) is 119 Å². The van der Waals surface area contributed by atoms with E-state index in [4.69, 9.17) is 9.47 Å². The van der Waals surface area contributed by atoms with Gasteiger partial charge in [0.05, 0.1) is 5.25 Å². The third kappa shape index (κ3) is 46.6. The largest absolute Gasteiger partial charge is 0.480 e. The zero-order valence-corrected chi connectivity index (χ0v) is 42.6. The minimum atomic E-state index is -1.10. The van der Waals surface area contributed by atoms with Crippen molar-refractivity contribution in [1.82, 2.24) is 5.32 Å². The molecule has 0 bridgehead atoms. The minimum Gasteiger partial charge on any atom is -0.480 e. The summed E-state index contributed by atoms with van der Waals surface area (Å²) in [5.74, 6) is -1.81. The van der Waals surface area contributed by atoms with Crippen molar-refractivity contribution in [2.24, 2.45) is 0 Å². The van der Waals surface area contributed by atoms with E-state index >= 15 is 0 Å². The van der Waals surface area contributed by atoms with Crippen LogP contribution in [0.5, 0.6) is 0 Å². The SMILES string of the molecule is CCCCCCCCCCCCCCCC(=O)N[C@@H](CSC(COC(=O)CCCCCCCCCCCCCCC)COC(=O)CCCCCCCCCCCCCCC)C(=O)O. The Labute approximate surface area is 393 Å². The van der Waals surface area contributed by atoms with E-state index in [1.54, 1.807) is 0 Å². The smallest absolute Gasteiger partial charge is 0.327 e. The number of carbonyl (C=O) groups excluding carboxylic acids is 3. The van der Waals surface area contributed by atoms with Gasteiger partial charge in [0.15, 0.2) is 0 Å². The molecule has 0 fully saturated rings. The van der Waals surface area contributed by atoms with Gasteiger partial charge in [-0.1, -0.05) is 252 Å². The molecular formula is C54H103NO7S. The van der Waals surface area contributed by atoms with E-state index in [2.05, 4.69) is 26.1 Å². The van der Waals surface area contributed by atoms with E-state index in [0.29, 0.717) is 19.3 Å². The van der Waals surface area contributed by atoms with Crippen molar-refractivity contribution in [3.63, 3.8) is 0 Å². The lowest BCUT2D eigenvalue weighted by molar-refractivity contribution is -0.146. The Morgan fingerprint density at radius 3 is 0.921 bits per heavy atom. The molecule has 0 heterocycles. The summed E-state index contributed by atoms with van der Waals surface area (Å²) in [6.45, 7) is 6.84. The first kappa shape index (κ1) is 61.2. The summed E-state index contributed by atoms with van der Waals surface area (Å²) in [6.07, 6.45) is 49.1. The van der Waals surface area contributed by atoms with E-state index in [-0.39, 0.29) is 36.8 Å². The van der Waals surface area contributed by atoms with Gasteiger partial charge in [-0.3, -0.25) is 14.4 Å². The van der Waals surface area contributed by atoms with Crippen LogP contribution in [0.4, 0.5) is 0 Å². The Balaban J connectivity index is 4.61. The summed E-state index contributed by atoms with van der Waals surface area (Å²) >= 11 is 1.28. The van der Waals surface area contributed by atoms with Crippen molar-refractivity contribution in [3.05, 3.63) is 0 Å². The maximum atomic E-state index is 12.7. The number of unbranched alkanes of at least 4 members (excludes halogenated alkanes) is 36. The van der Waals surface area contributed by atoms with Crippen LogP contribution in [0.25, 0.3) is 0 Å².